The summed E-state index contributed by atoms with van der Waals surface area (Å²) >= 11 is 1.68. The Labute approximate surface area is 89.8 Å². The van der Waals surface area contributed by atoms with E-state index in [4.69, 9.17) is 0 Å². The van der Waals surface area contributed by atoms with E-state index in [1.807, 2.05) is 6.92 Å². The van der Waals surface area contributed by atoms with Gasteiger partial charge in [0, 0.05) is 4.88 Å². The van der Waals surface area contributed by atoms with E-state index < -0.39 is 5.60 Å². The average molecular weight is 210 g/mol. The van der Waals surface area contributed by atoms with Crippen LogP contribution in [0.4, 0.5) is 0 Å². The summed E-state index contributed by atoms with van der Waals surface area (Å²) in [7, 11) is 0. The number of aliphatic hydroxyl groups is 1. The van der Waals surface area contributed by atoms with Gasteiger partial charge in [-0.3, -0.25) is 0 Å². The lowest BCUT2D eigenvalue weighted by Crippen LogP contribution is -2.20. The van der Waals surface area contributed by atoms with Crippen LogP contribution in [0.25, 0.3) is 0 Å². The first kappa shape index (κ1) is 10.2. The molecule has 1 nitrogen and oxygen atoms in total. The molecule has 2 rings (SSSR count). The summed E-state index contributed by atoms with van der Waals surface area (Å²) in [6.07, 6.45) is 4.85. The lowest BCUT2D eigenvalue weighted by atomic mass is 9.94. The normalized spacial score (nSPS) is 20.8. The fourth-order valence-corrected chi connectivity index (χ4v) is 2.95. The predicted octanol–water partition coefficient (Wildman–Crippen LogP) is 3.45. The van der Waals surface area contributed by atoms with Crippen LogP contribution in [0.5, 0.6) is 0 Å². The molecule has 1 aromatic rings. The van der Waals surface area contributed by atoms with Gasteiger partial charge < -0.3 is 5.11 Å². The molecule has 0 radical (unpaired) electrons. The molecule has 0 spiro atoms. The minimum Gasteiger partial charge on any atom is -0.385 e. The lowest BCUT2D eigenvalue weighted by Gasteiger charge is -2.23. The number of aryl methyl sites for hydroxylation is 1. The third-order valence-corrected chi connectivity index (χ3v) is 4.36. The minimum absolute atomic E-state index is 0.596. The number of rotatable bonds is 4. The van der Waals surface area contributed by atoms with Crippen molar-refractivity contribution < 1.29 is 5.11 Å². The van der Waals surface area contributed by atoms with E-state index in [0.717, 1.165) is 17.2 Å². The van der Waals surface area contributed by atoms with Crippen molar-refractivity contribution in [2.75, 3.05) is 0 Å². The zero-order chi connectivity index (χ0) is 10.2. The molecule has 1 saturated carbocycles. The molecule has 1 unspecified atom stereocenters. The molecule has 1 atom stereocenters. The second-order valence-corrected chi connectivity index (χ2v) is 5.60. The third kappa shape index (κ3) is 2.18. The Kier molecular flexibility index (Phi) is 2.67. The maximum atomic E-state index is 10.3. The van der Waals surface area contributed by atoms with Crippen LogP contribution in [-0.2, 0) is 5.60 Å². The van der Waals surface area contributed by atoms with Crippen LogP contribution in [0.3, 0.4) is 0 Å². The SMILES string of the molecule is Cc1ccsc1C(C)(O)CCC1CC1. The van der Waals surface area contributed by atoms with Crippen molar-refractivity contribution in [3.63, 3.8) is 0 Å². The molecule has 0 aliphatic heterocycles. The van der Waals surface area contributed by atoms with Gasteiger partial charge in [-0.15, -0.1) is 11.3 Å². The zero-order valence-electron chi connectivity index (χ0n) is 8.92. The molecular formula is C12H18OS. The standard InChI is InChI=1S/C12H18OS/c1-9-6-8-14-11(9)12(2,13)7-5-10-3-4-10/h6,8,10,13H,3-5,7H2,1-2H3. The van der Waals surface area contributed by atoms with Gasteiger partial charge in [0.1, 0.15) is 0 Å². The van der Waals surface area contributed by atoms with E-state index in [-0.39, 0.29) is 0 Å². The van der Waals surface area contributed by atoms with Gasteiger partial charge in [0.05, 0.1) is 5.60 Å². The number of thiophene rings is 1. The van der Waals surface area contributed by atoms with Gasteiger partial charge in [-0.2, -0.15) is 0 Å². The molecule has 14 heavy (non-hydrogen) atoms. The van der Waals surface area contributed by atoms with Crippen LogP contribution in [-0.4, -0.2) is 5.11 Å². The monoisotopic (exact) mass is 210 g/mol. The van der Waals surface area contributed by atoms with E-state index in [0.29, 0.717) is 0 Å². The van der Waals surface area contributed by atoms with E-state index >= 15 is 0 Å². The molecule has 0 aromatic carbocycles. The summed E-state index contributed by atoms with van der Waals surface area (Å²) < 4.78 is 0. The maximum absolute atomic E-state index is 10.3. The topological polar surface area (TPSA) is 20.2 Å². The molecule has 0 amide bonds. The first-order chi connectivity index (χ1) is 6.59. The van der Waals surface area contributed by atoms with Gasteiger partial charge in [0.2, 0.25) is 0 Å². The Morgan fingerprint density at radius 1 is 1.57 bits per heavy atom. The molecule has 1 N–H and O–H groups in total. The van der Waals surface area contributed by atoms with Crippen molar-refractivity contribution >= 4 is 11.3 Å². The van der Waals surface area contributed by atoms with Crippen LogP contribution in [0, 0.1) is 12.8 Å². The fraction of sp³-hybridized carbons (Fsp3) is 0.667. The molecule has 78 valence electrons. The summed E-state index contributed by atoms with van der Waals surface area (Å²) in [5, 5.41) is 12.4. The maximum Gasteiger partial charge on any atom is 0.0962 e. The molecule has 1 aliphatic rings. The highest BCUT2D eigenvalue weighted by atomic mass is 32.1. The van der Waals surface area contributed by atoms with E-state index in [1.165, 1.54) is 24.8 Å². The highest BCUT2D eigenvalue weighted by Crippen LogP contribution is 2.39. The molecule has 0 bridgehead atoms. The fourth-order valence-electron chi connectivity index (χ4n) is 1.93. The molecular weight excluding hydrogens is 192 g/mol. The van der Waals surface area contributed by atoms with Gasteiger partial charge in [-0.05, 0) is 49.6 Å². The van der Waals surface area contributed by atoms with E-state index in [1.54, 1.807) is 11.3 Å². The predicted molar refractivity (Wildman–Crippen MR) is 60.6 cm³/mol. The molecule has 1 aromatic heterocycles. The van der Waals surface area contributed by atoms with E-state index in [9.17, 15) is 5.11 Å². The molecule has 0 saturated heterocycles. The lowest BCUT2D eigenvalue weighted by molar-refractivity contribution is 0.0471. The first-order valence-corrected chi connectivity index (χ1v) is 6.24. The molecule has 1 aliphatic carbocycles. The Balaban J connectivity index is 2.02. The highest BCUT2D eigenvalue weighted by Gasteiger charge is 2.30. The summed E-state index contributed by atoms with van der Waals surface area (Å²) in [4.78, 5) is 1.15. The Morgan fingerprint density at radius 3 is 2.79 bits per heavy atom. The van der Waals surface area contributed by atoms with E-state index in [2.05, 4.69) is 18.4 Å². The van der Waals surface area contributed by atoms with Crippen LogP contribution < -0.4 is 0 Å². The smallest absolute Gasteiger partial charge is 0.0962 e. The largest absolute Gasteiger partial charge is 0.385 e. The first-order valence-electron chi connectivity index (χ1n) is 5.36. The average Bonchev–Trinajstić information content (AvgIpc) is 2.85. The quantitative estimate of drug-likeness (QED) is 0.807. The summed E-state index contributed by atoms with van der Waals surface area (Å²) in [5.41, 5.74) is 0.636. The zero-order valence-corrected chi connectivity index (χ0v) is 9.73. The van der Waals surface area contributed by atoms with Gasteiger partial charge in [-0.1, -0.05) is 12.8 Å². The molecule has 2 heteroatoms. The van der Waals surface area contributed by atoms with Crippen molar-refractivity contribution in [3.8, 4) is 0 Å². The minimum atomic E-state index is -0.596. The number of hydrogen-bond donors (Lipinski definition) is 1. The van der Waals surface area contributed by atoms with Crippen molar-refractivity contribution in [2.45, 2.75) is 45.1 Å². The van der Waals surface area contributed by atoms with Crippen molar-refractivity contribution in [1.29, 1.82) is 0 Å². The molecule has 1 fully saturated rings. The highest BCUT2D eigenvalue weighted by molar-refractivity contribution is 7.10. The Bertz CT molecular complexity index is 310. The summed E-state index contributed by atoms with van der Waals surface area (Å²) in [6, 6.07) is 2.09. The van der Waals surface area contributed by atoms with Gasteiger partial charge in [0.25, 0.3) is 0 Å². The van der Waals surface area contributed by atoms with Gasteiger partial charge in [0.15, 0.2) is 0 Å². The van der Waals surface area contributed by atoms with Crippen LogP contribution in [0.15, 0.2) is 11.4 Å². The van der Waals surface area contributed by atoms with Gasteiger partial charge >= 0.3 is 0 Å². The second kappa shape index (κ2) is 3.67. The van der Waals surface area contributed by atoms with Crippen LogP contribution >= 0.6 is 11.3 Å². The van der Waals surface area contributed by atoms with Crippen molar-refractivity contribution in [3.05, 3.63) is 21.9 Å². The molecule has 1 heterocycles. The van der Waals surface area contributed by atoms with Crippen molar-refractivity contribution in [1.82, 2.24) is 0 Å². The van der Waals surface area contributed by atoms with Crippen LogP contribution in [0.2, 0.25) is 0 Å². The van der Waals surface area contributed by atoms with Crippen LogP contribution in [0.1, 0.15) is 43.0 Å². The summed E-state index contributed by atoms with van der Waals surface area (Å²) in [5.74, 6) is 0.904. The second-order valence-electron chi connectivity index (χ2n) is 4.69. The third-order valence-electron chi connectivity index (χ3n) is 3.09. The Hall–Kier alpha value is -0.340. The van der Waals surface area contributed by atoms with Gasteiger partial charge in [-0.25, -0.2) is 0 Å². The summed E-state index contributed by atoms with van der Waals surface area (Å²) in [6.45, 7) is 4.03. The van der Waals surface area contributed by atoms with Crippen molar-refractivity contribution in [2.24, 2.45) is 5.92 Å². The Morgan fingerprint density at radius 2 is 2.29 bits per heavy atom. The number of hydrogen-bond acceptors (Lipinski definition) is 2.